The van der Waals surface area contributed by atoms with Gasteiger partial charge in [-0.2, -0.15) is 16.8 Å². The lowest BCUT2D eigenvalue weighted by Crippen LogP contribution is -2.61. The van der Waals surface area contributed by atoms with E-state index in [1.54, 1.807) is 6.92 Å². The van der Waals surface area contributed by atoms with Gasteiger partial charge >= 0.3 is 20.8 Å². The van der Waals surface area contributed by atoms with Crippen molar-refractivity contribution in [2.45, 2.75) is 63.1 Å². The Morgan fingerprint density at radius 2 is 1.18 bits per heavy atom. The van der Waals surface area contributed by atoms with Crippen LogP contribution < -0.4 is 0 Å². The zero-order valence-corrected chi connectivity index (χ0v) is 23.1. The highest BCUT2D eigenvalue weighted by molar-refractivity contribution is 7.90. The summed E-state index contributed by atoms with van der Waals surface area (Å²) >= 11 is 0.0138. The quantitative estimate of drug-likeness (QED) is 0.0481. The normalized spacial score (nSPS) is 32.4. The third-order valence-corrected chi connectivity index (χ3v) is 6.43. The highest BCUT2D eigenvalue weighted by Crippen LogP contribution is 2.33. The number of ether oxygens (including phenoxy) is 5. The summed E-state index contributed by atoms with van der Waals surface area (Å²) in [6.45, 7) is 2.43. The van der Waals surface area contributed by atoms with Crippen LogP contribution in [-0.2, 0) is 80.0 Å². The molecule has 2 heterocycles. The molecule has 2 rings (SSSR count). The molecule has 232 valence electrons. The van der Waals surface area contributed by atoms with Crippen molar-refractivity contribution in [3.8, 4) is 0 Å². The topological polar surface area (TPSA) is 269 Å². The van der Waals surface area contributed by atoms with Crippen molar-refractivity contribution in [1.29, 1.82) is 0 Å². The maximum Gasteiger partial charge on any atom is 0.397 e. The van der Waals surface area contributed by atoms with Gasteiger partial charge in [-0.25, -0.2) is 18.9 Å². The van der Waals surface area contributed by atoms with E-state index in [9.17, 15) is 25.9 Å². The summed E-state index contributed by atoms with van der Waals surface area (Å²) in [7, 11) is -10.3. The van der Waals surface area contributed by atoms with E-state index in [0.29, 0.717) is 0 Å². The Morgan fingerprint density at radius 3 is 1.67 bits per heavy atom. The lowest BCUT2D eigenvalue weighted by Gasteiger charge is -2.44. The second-order valence-electron chi connectivity index (χ2n) is 7.05. The molecule has 2 aliphatic heterocycles. The Bertz CT molecular complexity index is 904. The van der Waals surface area contributed by atoms with Crippen molar-refractivity contribution in [3.05, 3.63) is 0 Å². The average molecular weight is 659 g/mol. The van der Waals surface area contributed by atoms with E-state index < -0.39 is 76.6 Å². The minimum absolute atomic E-state index is 0.0111. The van der Waals surface area contributed by atoms with E-state index in [1.807, 2.05) is 0 Å². The fourth-order valence-electron chi connectivity index (χ4n) is 3.42. The van der Waals surface area contributed by atoms with Crippen molar-refractivity contribution in [2.24, 2.45) is 0 Å². The first kappa shape index (κ1) is 35.1. The van der Waals surface area contributed by atoms with Crippen molar-refractivity contribution >= 4 is 45.4 Å². The van der Waals surface area contributed by atoms with Crippen molar-refractivity contribution in [2.75, 3.05) is 26.4 Å². The third-order valence-electron chi connectivity index (χ3n) is 4.67. The van der Waals surface area contributed by atoms with Crippen molar-refractivity contribution in [3.63, 3.8) is 0 Å². The predicted molar refractivity (Wildman–Crippen MR) is 119 cm³/mol. The van der Waals surface area contributed by atoms with Gasteiger partial charge in [-0.05, 0) is 13.8 Å². The summed E-state index contributed by atoms with van der Waals surface area (Å²) in [6.07, 6.45) is -12.4. The molecule has 0 bridgehead atoms. The molecule has 0 radical (unpaired) electrons. The van der Waals surface area contributed by atoms with Crippen LogP contribution in [0, 0.1) is 0 Å². The molecule has 2 fully saturated rings. The maximum atomic E-state index is 11.6. The maximum absolute atomic E-state index is 11.6. The van der Waals surface area contributed by atoms with Gasteiger partial charge in [0.1, 0.15) is 24.4 Å². The highest BCUT2D eigenvalue weighted by Gasteiger charge is 2.52. The molecule has 8 unspecified atom stereocenters. The molecule has 0 aromatic heterocycles. The monoisotopic (exact) mass is 658 g/mol. The standard InChI is InChI=1S/C14H26O21S4/c1-3-23-7-5-26-14(12(31-39(20,21)22)9(7)28-36-34-32-15)27-8-6-25-13(24-4-2)11(30-38(17,18)19)10(8)29-37-35-33-16/h7-16H,3-6H2,1-2H3,(H,17,18,19)(H,20,21,22). The molecule has 0 amide bonds. The molecular weight excluding hydrogens is 632 g/mol. The first-order chi connectivity index (χ1) is 18.4. The summed E-state index contributed by atoms with van der Waals surface area (Å²) in [5, 5.41) is 23.6. The molecule has 0 saturated carbocycles. The van der Waals surface area contributed by atoms with Gasteiger partial charge in [-0.1, -0.05) is 10.1 Å². The van der Waals surface area contributed by atoms with Crippen molar-refractivity contribution in [1.82, 2.24) is 0 Å². The van der Waals surface area contributed by atoms with Crippen LogP contribution in [0.15, 0.2) is 0 Å². The van der Waals surface area contributed by atoms with Crippen LogP contribution in [-0.4, -0.2) is 112 Å². The zero-order valence-electron chi connectivity index (χ0n) is 19.8. The van der Waals surface area contributed by atoms with Gasteiger partial charge in [0.25, 0.3) is 0 Å². The summed E-state index contributed by atoms with van der Waals surface area (Å²) in [4.78, 5) is 0. The Labute approximate surface area is 230 Å². The van der Waals surface area contributed by atoms with Gasteiger partial charge < -0.3 is 23.7 Å². The summed E-state index contributed by atoms with van der Waals surface area (Å²) in [6, 6.07) is 0. The number of hydrogen-bond donors (Lipinski definition) is 4. The summed E-state index contributed by atoms with van der Waals surface area (Å²) in [5.74, 6) is 0. The molecule has 0 aromatic rings. The average Bonchev–Trinajstić information content (AvgIpc) is 2.84. The highest BCUT2D eigenvalue weighted by atomic mass is 32.3. The van der Waals surface area contributed by atoms with Crippen LogP contribution in [0.1, 0.15) is 13.8 Å². The Morgan fingerprint density at radius 1 is 0.718 bits per heavy atom. The van der Waals surface area contributed by atoms with Crippen LogP contribution in [0.5, 0.6) is 0 Å². The molecular formula is C14H26O21S4. The molecule has 39 heavy (non-hydrogen) atoms. The second kappa shape index (κ2) is 17.1. The van der Waals surface area contributed by atoms with Crippen LogP contribution >= 0.6 is 24.6 Å². The summed E-state index contributed by atoms with van der Waals surface area (Å²) < 4.78 is 120. The third kappa shape index (κ3) is 12.0. The van der Waals surface area contributed by atoms with E-state index in [0.717, 1.165) is 0 Å². The zero-order chi connectivity index (χ0) is 29.1. The Hall–Kier alpha value is -0.0800. The minimum Gasteiger partial charge on any atom is -0.373 e. The molecule has 25 heteroatoms. The molecule has 0 spiro atoms. The first-order valence-corrected chi connectivity index (χ1v) is 14.5. The van der Waals surface area contributed by atoms with Gasteiger partial charge in [0.2, 0.25) is 0 Å². The van der Waals surface area contributed by atoms with Crippen molar-refractivity contribution < 1.29 is 95.6 Å². The van der Waals surface area contributed by atoms with Crippen LogP contribution in [0.3, 0.4) is 0 Å². The molecule has 2 saturated heterocycles. The Kier molecular flexibility index (Phi) is 15.4. The fraction of sp³-hybridized carbons (Fsp3) is 1.00. The van der Waals surface area contributed by atoms with E-state index in [1.165, 1.54) is 6.92 Å². The molecule has 8 atom stereocenters. The molecule has 0 aromatic carbocycles. The van der Waals surface area contributed by atoms with E-state index >= 15 is 0 Å². The first-order valence-electron chi connectivity index (χ1n) is 10.5. The fourth-order valence-corrected chi connectivity index (χ4v) is 5.15. The van der Waals surface area contributed by atoms with Gasteiger partial charge in [-0.15, -0.1) is 8.67 Å². The number of hydrogen-bond acceptors (Lipinski definition) is 21. The lowest BCUT2D eigenvalue weighted by atomic mass is 10.0. The SMILES string of the molecule is CCOC1COC(OC2COC(OCC)C(OS(=O)(=O)O)C2OSOOO)C(OS(=O)(=O)O)C1OSOOO. The number of rotatable bonds is 18. The molecule has 4 N–H and O–H groups in total. The lowest BCUT2D eigenvalue weighted by molar-refractivity contribution is -0.435. The van der Waals surface area contributed by atoms with E-state index in [4.69, 9.17) is 46.7 Å². The smallest absolute Gasteiger partial charge is 0.373 e. The van der Waals surface area contributed by atoms with Crippen LogP contribution in [0.25, 0.3) is 0 Å². The van der Waals surface area contributed by atoms with Crippen LogP contribution in [0.4, 0.5) is 0 Å². The molecule has 2 aliphatic rings. The van der Waals surface area contributed by atoms with Gasteiger partial charge in [0.15, 0.2) is 49.4 Å². The summed E-state index contributed by atoms with van der Waals surface area (Å²) in [5.41, 5.74) is 0. The molecule has 0 aliphatic carbocycles. The van der Waals surface area contributed by atoms with Gasteiger partial charge in [0.05, 0.1) is 13.2 Å². The van der Waals surface area contributed by atoms with Crippen LogP contribution in [0.2, 0.25) is 0 Å². The minimum atomic E-state index is -5.20. The molecule has 21 nitrogen and oxygen atoms in total. The second-order valence-corrected chi connectivity index (χ2v) is 10.1. The Balaban J connectivity index is 2.38. The van der Waals surface area contributed by atoms with Gasteiger partial charge in [0, 0.05) is 13.2 Å². The predicted octanol–water partition coefficient (Wildman–Crippen LogP) is -0.359. The van der Waals surface area contributed by atoms with Gasteiger partial charge in [-0.3, -0.25) is 17.5 Å². The van der Waals surface area contributed by atoms with E-state index in [2.05, 4.69) is 22.9 Å². The van der Waals surface area contributed by atoms with E-state index in [-0.39, 0.29) is 44.5 Å². The largest absolute Gasteiger partial charge is 0.397 e.